The highest BCUT2D eigenvalue weighted by molar-refractivity contribution is 5.94. The maximum atomic E-state index is 13.0. The molecule has 1 aliphatic heterocycles. The molecule has 24 heavy (non-hydrogen) atoms. The second kappa shape index (κ2) is 6.40. The van der Waals surface area contributed by atoms with Gasteiger partial charge in [-0.15, -0.1) is 0 Å². The second-order valence-corrected chi connectivity index (χ2v) is 6.81. The Morgan fingerprint density at radius 2 is 2.04 bits per heavy atom. The number of benzene rings is 1. The summed E-state index contributed by atoms with van der Waals surface area (Å²) in [6.07, 6.45) is 4.02. The van der Waals surface area contributed by atoms with Gasteiger partial charge in [0.25, 0.3) is 5.91 Å². The monoisotopic (exact) mass is 326 g/mol. The van der Waals surface area contributed by atoms with Crippen LogP contribution in [0.25, 0.3) is 11.5 Å². The molecule has 1 saturated heterocycles. The van der Waals surface area contributed by atoms with Crippen molar-refractivity contribution in [1.82, 2.24) is 9.88 Å². The lowest BCUT2D eigenvalue weighted by molar-refractivity contribution is 0.0613. The first kappa shape index (κ1) is 15.4. The van der Waals surface area contributed by atoms with Crippen molar-refractivity contribution in [3.8, 4) is 11.5 Å². The molecule has 0 bridgehead atoms. The van der Waals surface area contributed by atoms with E-state index < -0.39 is 0 Å². The van der Waals surface area contributed by atoms with Gasteiger partial charge in [0.05, 0.1) is 0 Å². The quantitative estimate of drug-likeness (QED) is 0.938. The summed E-state index contributed by atoms with van der Waals surface area (Å²) in [6, 6.07) is 9.71. The van der Waals surface area contributed by atoms with Crippen LogP contribution in [-0.2, 0) is 0 Å². The van der Waals surface area contributed by atoms with E-state index in [4.69, 9.17) is 4.42 Å². The smallest absolute Gasteiger partial charge is 0.276 e. The molecule has 5 nitrogen and oxygen atoms in total. The fourth-order valence-corrected chi connectivity index (χ4v) is 3.36. The van der Waals surface area contributed by atoms with Gasteiger partial charge in [-0.3, -0.25) is 4.79 Å². The van der Waals surface area contributed by atoms with E-state index in [2.05, 4.69) is 4.98 Å². The zero-order valence-electron chi connectivity index (χ0n) is 13.6. The molecule has 126 valence electrons. The number of aliphatic hydroxyl groups excluding tert-OH is 1. The van der Waals surface area contributed by atoms with E-state index in [-0.39, 0.29) is 18.4 Å². The number of carbonyl (C=O) groups excluding carboxylic acids is 1. The number of nitrogens with zero attached hydrogens (tertiary/aromatic N) is 2. The van der Waals surface area contributed by atoms with E-state index in [1.807, 2.05) is 35.2 Å². The number of hydrogen-bond donors (Lipinski definition) is 1. The third-order valence-electron chi connectivity index (χ3n) is 4.89. The van der Waals surface area contributed by atoms with Crippen LogP contribution in [0.3, 0.4) is 0 Å². The van der Waals surface area contributed by atoms with Crippen molar-refractivity contribution < 1.29 is 14.3 Å². The fourth-order valence-electron chi connectivity index (χ4n) is 3.36. The lowest BCUT2D eigenvalue weighted by atomic mass is 9.98. The van der Waals surface area contributed by atoms with Gasteiger partial charge in [0.1, 0.15) is 5.76 Å². The first-order chi connectivity index (χ1) is 11.8. The van der Waals surface area contributed by atoms with E-state index in [0.717, 1.165) is 43.6 Å². The first-order valence-electron chi connectivity index (χ1n) is 8.72. The zero-order chi connectivity index (χ0) is 16.5. The van der Waals surface area contributed by atoms with Gasteiger partial charge in [0, 0.05) is 31.2 Å². The van der Waals surface area contributed by atoms with E-state index in [9.17, 15) is 9.90 Å². The minimum atomic E-state index is -0.0546. The van der Waals surface area contributed by atoms with Crippen LogP contribution < -0.4 is 0 Å². The summed E-state index contributed by atoms with van der Waals surface area (Å²) >= 11 is 0. The summed E-state index contributed by atoms with van der Waals surface area (Å²) in [5.74, 6) is 1.71. The highest BCUT2D eigenvalue weighted by Gasteiger charge is 2.36. The predicted molar refractivity (Wildman–Crippen MR) is 89.6 cm³/mol. The third kappa shape index (κ3) is 2.96. The van der Waals surface area contributed by atoms with E-state index in [1.54, 1.807) is 0 Å². The Morgan fingerprint density at radius 1 is 1.25 bits per heavy atom. The van der Waals surface area contributed by atoms with Gasteiger partial charge < -0.3 is 14.4 Å². The van der Waals surface area contributed by atoms with Crippen molar-refractivity contribution in [3.05, 3.63) is 41.8 Å². The molecule has 1 atom stereocenters. The Morgan fingerprint density at radius 3 is 2.75 bits per heavy atom. The normalized spacial score (nSPS) is 21.0. The van der Waals surface area contributed by atoms with Gasteiger partial charge in [-0.05, 0) is 43.7 Å². The summed E-state index contributed by atoms with van der Waals surface area (Å²) in [5.41, 5.74) is 1.36. The number of oxazole rings is 1. The number of aliphatic hydroxyl groups is 1. The lowest BCUT2D eigenvalue weighted by Crippen LogP contribution is -2.41. The standard InChI is InChI=1S/C19H22N2O3/c22-12-13-5-4-10-21(11-13)19(23)16-17(14-8-9-14)24-18(20-16)15-6-2-1-3-7-15/h1-3,6-7,13-14,22H,4-5,8-12H2. The lowest BCUT2D eigenvalue weighted by Gasteiger charge is -2.31. The van der Waals surface area contributed by atoms with Crippen molar-refractivity contribution in [3.63, 3.8) is 0 Å². The molecule has 1 aromatic heterocycles. The topological polar surface area (TPSA) is 66.6 Å². The molecule has 1 aromatic carbocycles. The average molecular weight is 326 g/mol. The third-order valence-corrected chi connectivity index (χ3v) is 4.89. The summed E-state index contributed by atoms with van der Waals surface area (Å²) in [6.45, 7) is 1.47. The summed E-state index contributed by atoms with van der Waals surface area (Å²) in [5, 5.41) is 9.39. The number of hydrogen-bond acceptors (Lipinski definition) is 4. The number of amides is 1. The first-order valence-corrected chi connectivity index (χ1v) is 8.72. The van der Waals surface area contributed by atoms with E-state index in [1.165, 1.54) is 0 Å². The molecule has 1 unspecified atom stereocenters. The molecule has 5 heteroatoms. The molecule has 1 aliphatic carbocycles. The van der Waals surface area contributed by atoms with Crippen LogP contribution in [0.1, 0.15) is 47.8 Å². The number of piperidine rings is 1. The SMILES string of the molecule is O=C(c1nc(-c2ccccc2)oc1C1CC1)N1CCCC(CO)C1. The molecule has 1 saturated carbocycles. The molecule has 0 radical (unpaired) electrons. The fraction of sp³-hybridized carbons (Fsp3) is 0.474. The van der Waals surface area contributed by atoms with Crippen LogP contribution in [0, 0.1) is 5.92 Å². The highest BCUT2D eigenvalue weighted by atomic mass is 16.4. The van der Waals surface area contributed by atoms with Crippen LogP contribution in [0.4, 0.5) is 0 Å². The van der Waals surface area contributed by atoms with Crippen LogP contribution in [-0.4, -0.2) is 40.6 Å². The Hall–Kier alpha value is -2.14. The summed E-state index contributed by atoms with van der Waals surface area (Å²) < 4.78 is 5.98. The molecule has 4 rings (SSSR count). The minimum Gasteiger partial charge on any atom is -0.440 e. The molecule has 2 heterocycles. The molecule has 2 fully saturated rings. The largest absolute Gasteiger partial charge is 0.440 e. The number of carbonyl (C=O) groups is 1. The van der Waals surface area contributed by atoms with Gasteiger partial charge in [0.2, 0.25) is 5.89 Å². The van der Waals surface area contributed by atoms with Crippen molar-refractivity contribution in [1.29, 1.82) is 0 Å². The summed E-state index contributed by atoms with van der Waals surface area (Å²) in [7, 11) is 0. The van der Waals surface area contributed by atoms with Gasteiger partial charge >= 0.3 is 0 Å². The molecule has 2 aliphatic rings. The van der Waals surface area contributed by atoms with Crippen LogP contribution in [0.2, 0.25) is 0 Å². The second-order valence-electron chi connectivity index (χ2n) is 6.81. The van der Waals surface area contributed by atoms with Gasteiger partial charge in [-0.1, -0.05) is 18.2 Å². The molecular formula is C19H22N2O3. The molecule has 0 spiro atoms. The van der Waals surface area contributed by atoms with E-state index in [0.29, 0.717) is 24.0 Å². The van der Waals surface area contributed by atoms with Gasteiger partial charge in [0.15, 0.2) is 5.69 Å². The van der Waals surface area contributed by atoms with Gasteiger partial charge in [-0.25, -0.2) is 4.98 Å². The zero-order valence-corrected chi connectivity index (χ0v) is 13.6. The van der Waals surface area contributed by atoms with E-state index >= 15 is 0 Å². The Balaban J connectivity index is 1.64. The van der Waals surface area contributed by atoms with Crippen LogP contribution in [0.15, 0.2) is 34.7 Å². The Labute approximate surface area is 141 Å². The van der Waals surface area contributed by atoms with Gasteiger partial charge in [-0.2, -0.15) is 0 Å². The maximum absolute atomic E-state index is 13.0. The van der Waals surface area contributed by atoms with Crippen molar-refractivity contribution in [2.75, 3.05) is 19.7 Å². The van der Waals surface area contributed by atoms with Crippen LogP contribution in [0.5, 0.6) is 0 Å². The van der Waals surface area contributed by atoms with Crippen molar-refractivity contribution in [2.24, 2.45) is 5.92 Å². The number of rotatable bonds is 4. The Kier molecular flexibility index (Phi) is 4.10. The predicted octanol–water partition coefficient (Wildman–Crippen LogP) is 3.06. The molecular weight excluding hydrogens is 304 g/mol. The molecule has 1 N–H and O–H groups in total. The van der Waals surface area contributed by atoms with Crippen molar-refractivity contribution in [2.45, 2.75) is 31.6 Å². The molecule has 2 aromatic rings. The highest BCUT2D eigenvalue weighted by Crippen LogP contribution is 2.43. The minimum absolute atomic E-state index is 0.0546. The number of aromatic nitrogens is 1. The van der Waals surface area contributed by atoms with Crippen molar-refractivity contribution >= 4 is 5.91 Å². The Bertz CT molecular complexity index is 721. The summed E-state index contributed by atoms with van der Waals surface area (Å²) in [4.78, 5) is 19.4. The number of likely N-dealkylation sites (tertiary alicyclic amines) is 1. The maximum Gasteiger partial charge on any atom is 0.276 e. The average Bonchev–Trinajstić information content (AvgIpc) is 3.40. The van der Waals surface area contributed by atoms with Crippen LogP contribution >= 0.6 is 0 Å². The molecule has 1 amide bonds.